The number of aliphatic hydroxyl groups excluding tert-OH is 2. The van der Waals surface area contributed by atoms with E-state index in [0.717, 1.165) is 10.5 Å². The van der Waals surface area contributed by atoms with Crippen molar-refractivity contribution in [3.63, 3.8) is 0 Å². The minimum absolute atomic E-state index is 0.296. The molecule has 0 aromatic heterocycles. The fourth-order valence-electron chi connectivity index (χ4n) is 3.04. The highest BCUT2D eigenvalue weighted by atomic mass is 32.2. The largest absolute Gasteiger partial charge is 0.455 e. The molecule has 1 aliphatic rings. The van der Waals surface area contributed by atoms with Crippen LogP contribution in [0.2, 0.25) is 0 Å². The van der Waals surface area contributed by atoms with Crippen molar-refractivity contribution in [3.05, 3.63) is 65.7 Å². The lowest BCUT2D eigenvalue weighted by Gasteiger charge is -2.42. The molecule has 2 N–H and O–H groups in total. The number of aryl methyl sites for hydroxylation is 1. The highest BCUT2D eigenvalue weighted by molar-refractivity contribution is 7.99. The number of aliphatic hydroxyl groups is 2. The summed E-state index contributed by atoms with van der Waals surface area (Å²) in [6.07, 6.45) is -2.28. The van der Waals surface area contributed by atoms with E-state index in [2.05, 4.69) is 0 Å². The van der Waals surface area contributed by atoms with Crippen LogP contribution in [0.15, 0.2) is 59.5 Å². The first-order chi connectivity index (χ1) is 13.0. The maximum Gasteiger partial charge on any atom is 0.338 e. The quantitative estimate of drug-likeness (QED) is 0.767. The third-order valence-corrected chi connectivity index (χ3v) is 5.88. The highest BCUT2D eigenvalue weighted by Gasteiger charge is 2.45. The van der Waals surface area contributed by atoms with Gasteiger partial charge in [-0.2, -0.15) is 0 Å². The zero-order valence-electron chi connectivity index (χ0n) is 15.3. The fraction of sp³-hybridized carbons (Fsp3) is 0.381. The van der Waals surface area contributed by atoms with Gasteiger partial charge in [-0.05, 0) is 31.2 Å². The molecule has 5 nitrogen and oxygen atoms in total. The Morgan fingerprint density at radius 2 is 1.81 bits per heavy atom. The molecule has 27 heavy (non-hydrogen) atoms. The Bertz CT molecular complexity index is 749. The van der Waals surface area contributed by atoms with Crippen molar-refractivity contribution in [2.24, 2.45) is 5.92 Å². The van der Waals surface area contributed by atoms with Crippen LogP contribution >= 0.6 is 11.8 Å². The summed E-state index contributed by atoms with van der Waals surface area (Å²) in [7, 11) is 0. The molecule has 0 aliphatic carbocycles. The first-order valence-electron chi connectivity index (χ1n) is 8.93. The lowest BCUT2D eigenvalue weighted by atomic mass is 9.91. The Labute approximate surface area is 163 Å². The van der Waals surface area contributed by atoms with Crippen LogP contribution in [0.3, 0.4) is 0 Å². The zero-order valence-corrected chi connectivity index (χ0v) is 16.1. The molecular formula is C21H24O5S. The molecule has 6 heteroatoms. The minimum Gasteiger partial charge on any atom is -0.455 e. The van der Waals surface area contributed by atoms with Crippen LogP contribution in [-0.2, 0) is 9.47 Å². The lowest BCUT2D eigenvalue weighted by Crippen LogP contribution is -2.54. The van der Waals surface area contributed by atoms with E-state index in [4.69, 9.17) is 9.47 Å². The fourth-order valence-corrected chi connectivity index (χ4v) is 4.23. The molecule has 144 valence electrons. The van der Waals surface area contributed by atoms with Crippen molar-refractivity contribution in [1.82, 2.24) is 0 Å². The molecular weight excluding hydrogens is 364 g/mol. The summed E-state index contributed by atoms with van der Waals surface area (Å²) in [6, 6.07) is 16.7. The number of rotatable bonds is 5. The molecule has 2 aromatic carbocycles. The van der Waals surface area contributed by atoms with E-state index >= 15 is 0 Å². The van der Waals surface area contributed by atoms with Crippen LogP contribution in [0, 0.1) is 12.8 Å². The lowest BCUT2D eigenvalue weighted by molar-refractivity contribution is -0.178. The van der Waals surface area contributed by atoms with Gasteiger partial charge in [0, 0.05) is 10.8 Å². The first kappa shape index (κ1) is 19.9. The van der Waals surface area contributed by atoms with Gasteiger partial charge < -0.3 is 19.7 Å². The van der Waals surface area contributed by atoms with Crippen LogP contribution in [0.1, 0.15) is 22.8 Å². The molecule has 0 amide bonds. The summed E-state index contributed by atoms with van der Waals surface area (Å²) in [5.41, 5.74) is 1.06. The predicted octanol–water partition coefficient (Wildman–Crippen LogP) is 3.03. The molecule has 3 rings (SSSR count). The number of hydrogen-bond donors (Lipinski definition) is 2. The molecule has 0 bridgehead atoms. The molecule has 0 radical (unpaired) electrons. The number of carbonyl (C=O) groups is 1. The van der Waals surface area contributed by atoms with Crippen LogP contribution in [0.5, 0.6) is 0 Å². The van der Waals surface area contributed by atoms with Crippen molar-refractivity contribution in [2.45, 2.75) is 42.5 Å². The molecule has 1 fully saturated rings. The second kappa shape index (κ2) is 8.89. The number of benzene rings is 2. The summed E-state index contributed by atoms with van der Waals surface area (Å²) >= 11 is 1.42. The number of carbonyl (C=O) groups excluding carboxylic acids is 1. The second-order valence-electron chi connectivity index (χ2n) is 6.74. The predicted molar refractivity (Wildman–Crippen MR) is 104 cm³/mol. The average Bonchev–Trinajstić information content (AvgIpc) is 2.69. The highest BCUT2D eigenvalue weighted by Crippen LogP contribution is 2.37. The number of esters is 1. The summed E-state index contributed by atoms with van der Waals surface area (Å²) < 4.78 is 11.6. The van der Waals surface area contributed by atoms with Crippen LogP contribution in [0.4, 0.5) is 0 Å². The van der Waals surface area contributed by atoms with Crippen molar-refractivity contribution >= 4 is 17.7 Å². The molecule has 0 saturated carbocycles. The second-order valence-corrected chi connectivity index (χ2v) is 7.91. The Hall–Kier alpha value is -1.86. The van der Waals surface area contributed by atoms with Gasteiger partial charge in [-0.1, -0.05) is 54.6 Å². The standard InChI is InChI=1S/C21H24O5S/c1-13-8-10-16(11-9-13)27-21-19(14(2)18(23)17(12-22)25-21)26-20(24)15-6-4-3-5-7-15/h3-11,14,17-19,21-23H,12H2,1-2H3/t14?,17?,18-,19-,21+/m0/s1. The molecule has 2 aromatic rings. The van der Waals surface area contributed by atoms with E-state index < -0.39 is 29.7 Å². The van der Waals surface area contributed by atoms with Crippen molar-refractivity contribution in [2.75, 3.05) is 6.61 Å². The van der Waals surface area contributed by atoms with E-state index in [1.54, 1.807) is 24.3 Å². The van der Waals surface area contributed by atoms with Gasteiger partial charge in [0.25, 0.3) is 0 Å². The summed E-state index contributed by atoms with van der Waals surface area (Å²) in [4.78, 5) is 13.5. The van der Waals surface area contributed by atoms with Crippen LogP contribution in [-0.4, -0.2) is 46.5 Å². The third-order valence-electron chi connectivity index (χ3n) is 4.72. The average molecular weight is 388 g/mol. The topological polar surface area (TPSA) is 76.0 Å². The van der Waals surface area contributed by atoms with Crippen LogP contribution < -0.4 is 0 Å². The Kier molecular flexibility index (Phi) is 6.55. The van der Waals surface area contributed by atoms with Gasteiger partial charge in [0.2, 0.25) is 0 Å². The van der Waals surface area contributed by atoms with Crippen molar-refractivity contribution in [3.8, 4) is 0 Å². The summed E-state index contributed by atoms with van der Waals surface area (Å²) in [5, 5.41) is 20.0. The molecule has 2 unspecified atom stereocenters. The Morgan fingerprint density at radius 1 is 1.15 bits per heavy atom. The summed E-state index contributed by atoms with van der Waals surface area (Å²) in [6.45, 7) is 3.52. The molecule has 1 saturated heterocycles. The molecule has 0 spiro atoms. The summed E-state index contributed by atoms with van der Waals surface area (Å²) in [5.74, 6) is -0.841. The molecule has 1 heterocycles. The van der Waals surface area contributed by atoms with Crippen molar-refractivity contribution < 1.29 is 24.5 Å². The van der Waals surface area contributed by atoms with E-state index in [0.29, 0.717) is 5.56 Å². The van der Waals surface area contributed by atoms with Gasteiger partial charge in [0.05, 0.1) is 18.3 Å². The number of ether oxygens (including phenoxy) is 2. The maximum atomic E-state index is 12.5. The van der Waals surface area contributed by atoms with E-state index in [-0.39, 0.29) is 12.5 Å². The van der Waals surface area contributed by atoms with Crippen LogP contribution in [0.25, 0.3) is 0 Å². The zero-order chi connectivity index (χ0) is 19.4. The normalized spacial score (nSPS) is 27.9. The smallest absolute Gasteiger partial charge is 0.338 e. The van der Waals surface area contributed by atoms with Gasteiger partial charge in [-0.25, -0.2) is 4.79 Å². The van der Waals surface area contributed by atoms with Crippen molar-refractivity contribution in [1.29, 1.82) is 0 Å². The van der Waals surface area contributed by atoms with Gasteiger partial charge in [0.1, 0.15) is 17.6 Å². The van der Waals surface area contributed by atoms with Gasteiger partial charge in [-0.15, -0.1) is 0 Å². The molecule has 5 atom stereocenters. The number of thioether (sulfide) groups is 1. The van der Waals surface area contributed by atoms with E-state index in [1.165, 1.54) is 11.8 Å². The van der Waals surface area contributed by atoms with E-state index in [9.17, 15) is 15.0 Å². The van der Waals surface area contributed by atoms with E-state index in [1.807, 2.05) is 44.2 Å². The first-order valence-corrected chi connectivity index (χ1v) is 9.81. The maximum absolute atomic E-state index is 12.5. The molecule has 1 aliphatic heterocycles. The van der Waals surface area contributed by atoms with Gasteiger partial charge in [-0.3, -0.25) is 0 Å². The minimum atomic E-state index is -0.918. The van der Waals surface area contributed by atoms with Gasteiger partial charge in [0.15, 0.2) is 0 Å². The number of hydrogen-bond acceptors (Lipinski definition) is 6. The Balaban J connectivity index is 1.81. The van der Waals surface area contributed by atoms with Gasteiger partial charge >= 0.3 is 5.97 Å². The monoisotopic (exact) mass is 388 g/mol. The Morgan fingerprint density at radius 3 is 2.44 bits per heavy atom. The third kappa shape index (κ3) is 4.71. The SMILES string of the molecule is Cc1ccc(S[C@H]2OC(CO)[C@@H](O)C(C)[C@@H]2OC(=O)c2ccccc2)cc1.